The van der Waals surface area contributed by atoms with E-state index in [1.165, 1.54) is 4.90 Å². The van der Waals surface area contributed by atoms with E-state index in [0.29, 0.717) is 19.4 Å². The van der Waals surface area contributed by atoms with Gasteiger partial charge in [-0.15, -0.1) is 0 Å². The van der Waals surface area contributed by atoms with Crippen molar-refractivity contribution in [2.24, 2.45) is 0 Å². The highest BCUT2D eigenvalue weighted by atomic mass is 16.6. The van der Waals surface area contributed by atoms with Gasteiger partial charge in [-0.25, -0.2) is 4.79 Å². The van der Waals surface area contributed by atoms with Crippen LogP contribution in [0.2, 0.25) is 0 Å². The highest BCUT2D eigenvalue weighted by molar-refractivity contribution is 5.80. The Morgan fingerprint density at radius 3 is 2.24 bits per heavy atom. The van der Waals surface area contributed by atoms with Crippen LogP contribution in [0.15, 0.2) is 48.5 Å². The number of likely N-dealkylation sites (tertiary alicyclic amines) is 1. The first-order valence-corrected chi connectivity index (χ1v) is 8.49. The molecule has 1 aliphatic heterocycles. The fourth-order valence-electron chi connectivity index (χ4n) is 3.91. The number of amides is 1. The van der Waals surface area contributed by atoms with Gasteiger partial charge in [0.1, 0.15) is 6.61 Å². The van der Waals surface area contributed by atoms with Crippen molar-refractivity contribution in [3.05, 3.63) is 59.7 Å². The summed E-state index contributed by atoms with van der Waals surface area (Å²) in [5, 5.41) is 11.1. The lowest BCUT2D eigenvalue weighted by atomic mass is 9.98. The monoisotopic (exact) mass is 336 g/mol. The van der Waals surface area contributed by atoms with E-state index in [-0.39, 0.29) is 12.5 Å². The van der Waals surface area contributed by atoms with Gasteiger partial charge in [-0.05, 0) is 35.1 Å². The number of carboxylic acid groups (broad SMARTS) is 1. The molecule has 0 radical (unpaired) electrons. The molecule has 0 unspecified atom stereocenters. The summed E-state index contributed by atoms with van der Waals surface area (Å²) < 4.78 is 5.50. The Labute approximate surface area is 145 Å². The van der Waals surface area contributed by atoms with Gasteiger partial charge in [0.15, 0.2) is 0 Å². The van der Waals surface area contributed by atoms with Crippen molar-refractivity contribution in [1.29, 1.82) is 0 Å². The number of carboxylic acids is 1. The molecule has 2 aromatic carbocycles. The third-order valence-electron chi connectivity index (χ3n) is 5.10. The molecule has 5 heteroatoms. The second kappa shape index (κ2) is 6.24. The minimum absolute atomic E-state index is 0.0274. The van der Waals surface area contributed by atoms with Crippen LogP contribution in [0.1, 0.15) is 29.9 Å². The first-order valence-electron chi connectivity index (χ1n) is 8.49. The zero-order chi connectivity index (χ0) is 17.4. The number of nitrogens with zero attached hydrogens (tertiary/aromatic N) is 1. The molecule has 0 N–H and O–H groups in total. The van der Waals surface area contributed by atoms with Crippen LogP contribution in [0.25, 0.3) is 11.1 Å². The predicted molar refractivity (Wildman–Crippen MR) is 89.8 cm³/mol. The van der Waals surface area contributed by atoms with Crippen LogP contribution < -0.4 is 5.11 Å². The van der Waals surface area contributed by atoms with Gasteiger partial charge in [0.2, 0.25) is 0 Å². The maximum absolute atomic E-state index is 12.4. The molecule has 2 aromatic rings. The van der Waals surface area contributed by atoms with Crippen molar-refractivity contribution < 1.29 is 19.4 Å². The van der Waals surface area contributed by atoms with Crippen molar-refractivity contribution in [3.63, 3.8) is 0 Å². The van der Waals surface area contributed by atoms with Crippen LogP contribution in [-0.4, -0.2) is 36.2 Å². The van der Waals surface area contributed by atoms with Crippen molar-refractivity contribution >= 4 is 12.1 Å². The summed E-state index contributed by atoms with van der Waals surface area (Å²) in [6, 6.07) is 15.3. The van der Waals surface area contributed by atoms with E-state index >= 15 is 0 Å². The molecule has 2 aliphatic rings. The number of hydrogen-bond acceptors (Lipinski definition) is 4. The molecule has 4 rings (SSSR count). The number of benzene rings is 2. The van der Waals surface area contributed by atoms with Crippen LogP contribution >= 0.6 is 0 Å². The third-order valence-corrected chi connectivity index (χ3v) is 5.10. The molecule has 1 amide bonds. The van der Waals surface area contributed by atoms with Crippen molar-refractivity contribution in [3.8, 4) is 11.1 Å². The number of carbonyl (C=O) groups is 2. The number of carbonyl (C=O) groups excluding carboxylic acids is 2. The van der Waals surface area contributed by atoms with Crippen LogP contribution in [0.4, 0.5) is 4.79 Å². The summed E-state index contributed by atoms with van der Waals surface area (Å²) in [4.78, 5) is 24.8. The first-order chi connectivity index (χ1) is 12.2. The van der Waals surface area contributed by atoms with Gasteiger partial charge in [0, 0.05) is 12.5 Å². The zero-order valence-electron chi connectivity index (χ0n) is 13.7. The maximum atomic E-state index is 12.4. The lowest BCUT2D eigenvalue weighted by Gasteiger charge is -2.25. The average molecular weight is 336 g/mol. The summed E-state index contributed by atoms with van der Waals surface area (Å²) in [5.41, 5.74) is 4.59. The topological polar surface area (TPSA) is 69.7 Å². The van der Waals surface area contributed by atoms with Gasteiger partial charge in [-0.1, -0.05) is 48.5 Å². The number of fused-ring (bicyclic) bond motifs is 3. The van der Waals surface area contributed by atoms with Gasteiger partial charge in [0.05, 0.1) is 12.0 Å². The second-order valence-corrected chi connectivity index (χ2v) is 6.47. The standard InChI is InChI=1S/C20H19NO4/c22-19(23)18-10-5-11-21(18)20(24)25-12-17-15-8-3-1-6-13(15)14-7-2-4-9-16(14)17/h1-4,6-9,17-18H,5,10-12H2,(H,22,23)/p-1/t18-/m1/s1. The molecule has 1 atom stereocenters. The Bertz CT molecular complexity index is 786. The van der Waals surface area contributed by atoms with Gasteiger partial charge in [-0.3, -0.25) is 4.90 Å². The van der Waals surface area contributed by atoms with Crippen LogP contribution in [0, 0.1) is 0 Å². The Hall–Kier alpha value is -2.82. The molecule has 5 nitrogen and oxygen atoms in total. The van der Waals surface area contributed by atoms with E-state index in [1.807, 2.05) is 36.4 Å². The van der Waals surface area contributed by atoms with E-state index < -0.39 is 18.1 Å². The average Bonchev–Trinajstić information content (AvgIpc) is 3.23. The van der Waals surface area contributed by atoms with E-state index in [2.05, 4.69) is 12.1 Å². The van der Waals surface area contributed by atoms with Gasteiger partial charge < -0.3 is 14.6 Å². The highest BCUT2D eigenvalue weighted by Gasteiger charge is 2.33. The molecule has 0 aromatic heterocycles. The summed E-state index contributed by atoms with van der Waals surface area (Å²) in [7, 11) is 0. The largest absolute Gasteiger partial charge is 0.548 e. The SMILES string of the molecule is O=C([O-])[C@H]1CCCN1C(=O)OCC1c2ccccc2-c2ccccc21. The minimum Gasteiger partial charge on any atom is -0.548 e. The minimum atomic E-state index is -1.22. The smallest absolute Gasteiger partial charge is 0.410 e. The van der Waals surface area contributed by atoms with E-state index in [0.717, 1.165) is 22.3 Å². The molecule has 1 aliphatic carbocycles. The van der Waals surface area contributed by atoms with Crippen molar-refractivity contribution in [1.82, 2.24) is 4.90 Å². The normalized spacial score (nSPS) is 18.7. The Kier molecular flexibility index (Phi) is 3.92. The first kappa shape index (κ1) is 15.7. The molecule has 1 saturated heterocycles. The van der Waals surface area contributed by atoms with Crippen molar-refractivity contribution in [2.75, 3.05) is 13.2 Å². The molecule has 0 bridgehead atoms. The van der Waals surface area contributed by atoms with Gasteiger partial charge >= 0.3 is 6.09 Å². The third kappa shape index (κ3) is 2.65. The molecule has 1 fully saturated rings. The molecule has 0 spiro atoms. The second-order valence-electron chi connectivity index (χ2n) is 6.47. The number of hydrogen-bond donors (Lipinski definition) is 0. The Morgan fingerprint density at radius 2 is 1.64 bits per heavy atom. The van der Waals surface area contributed by atoms with Gasteiger partial charge in [0.25, 0.3) is 0 Å². The summed E-state index contributed by atoms with van der Waals surface area (Å²) in [6.45, 7) is 0.596. The Morgan fingerprint density at radius 1 is 1.04 bits per heavy atom. The number of ether oxygens (including phenoxy) is 1. The lowest BCUT2D eigenvalue weighted by molar-refractivity contribution is -0.310. The maximum Gasteiger partial charge on any atom is 0.410 e. The van der Waals surface area contributed by atoms with E-state index in [9.17, 15) is 14.7 Å². The highest BCUT2D eigenvalue weighted by Crippen LogP contribution is 2.44. The fourth-order valence-corrected chi connectivity index (χ4v) is 3.91. The molecular formula is C20H18NO4-. The molecule has 128 valence electrons. The summed E-state index contributed by atoms with van der Waals surface area (Å²) >= 11 is 0. The zero-order valence-corrected chi connectivity index (χ0v) is 13.7. The van der Waals surface area contributed by atoms with Gasteiger partial charge in [-0.2, -0.15) is 0 Å². The summed E-state index contributed by atoms with van der Waals surface area (Å²) in [5.74, 6) is -1.24. The van der Waals surface area contributed by atoms with Crippen LogP contribution in [0.5, 0.6) is 0 Å². The molecule has 0 saturated carbocycles. The predicted octanol–water partition coefficient (Wildman–Crippen LogP) is 2.15. The van der Waals surface area contributed by atoms with Crippen LogP contribution in [-0.2, 0) is 9.53 Å². The van der Waals surface area contributed by atoms with E-state index in [4.69, 9.17) is 4.74 Å². The summed E-state index contributed by atoms with van der Waals surface area (Å²) in [6.07, 6.45) is 0.503. The molecule has 25 heavy (non-hydrogen) atoms. The number of rotatable bonds is 3. The quantitative estimate of drug-likeness (QED) is 0.861. The molecule has 1 heterocycles. The van der Waals surface area contributed by atoms with E-state index in [1.54, 1.807) is 0 Å². The number of aliphatic carboxylic acids is 1. The lowest BCUT2D eigenvalue weighted by Crippen LogP contribution is -2.47. The van der Waals surface area contributed by atoms with Crippen LogP contribution in [0.3, 0.4) is 0 Å². The Balaban J connectivity index is 1.53. The molecular weight excluding hydrogens is 318 g/mol. The van der Waals surface area contributed by atoms with Crippen molar-refractivity contribution in [2.45, 2.75) is 24.8 Å². The fraction of sp³-hybridized carbons (Fsp3) is 0.300.